The fourth-order valence-corrected chi connectivity index (χ4v) is 7.14. The summed E-state index contributed by atoms with van der Waals surface area (Å²) in [6.45, 7) is 11.0. The Hall–Kier alpha value is -5.47. The SMILES string of the molecule is C=CCN(C(=O)C(CC1C=C(F)CC(F)C1)NC(O)CC(C)(C)CC(=O)N[C@@H](Cc1cc(F)cc(F)c1)C(=O)N(CC=C)c1ccc([OH2+])cc1)c1ccc(OC)cc1. The van der Waals surface area contributed by atoms with Gasteiger partial charge in [0.1, 0.15) is 35.8 Å². The van der Waals surface area contributed by atoms with Gasteiger partial charge in [-0.15, -0.1) is 13.2 Å². The average Bonchev–Trinajstić information content (AvgIpc) is 3.14. The summed E-state index contributed by atoms with van der Waals surface area (Å²) in [5, 5.41) is 24.9. The maximum atomic E-state index is 14.5. The van der Waals surface area contributed by atoms with Crippen molar-refractivity contribution in [1.29, 1.82) is 0 Å². The lowest BCUT2D eigenvalue weighted by Gasteiger charge is -2.34. The zero-order chi connectivity index (χ0) is 42.6. The number of hydrogen-bond donors (Lipinski definition) is 3. The summed E-state index contributed by atoms with van der Waals surface area (Å²) in [4.78, 5) is 44.8. The number of methoxy groups -OCH3 is 1. The molecule has 0 aromatic heterocycles. The van der Waals surface area contributed by atoms with Gasteiger partial charge in [0.15, 0.2) is 0 Å². The third-order valence-electron chi connectivity index (χ3n) is 9.72. The number of benzene rings is 3. The number of nitrogens with zero attached hydrogens (tertiary/aromatic N) is 2. The summed E-state index contributed by atoms with van der Waals surface area (Å²) >= 11 is 0. The van der Waals surface area contributed by atoms with Crippen LogP contribution in [0.3, 0.4) is 0 Å². The molecule has 3 amide bonds. The Labute approximate surface area is 336 Å². The van der Waals surface area contributed by atoms with Gasteiger partial charge in [-0.05, 0) is 90.8 Å². The van der Waals surface area contributed by atoms with E-state index in [-0.39, 0.29) is 62.9 Å². The van der Waals surface area contributed by atoms with Gasteiger partial charge < -0.3 is 30.1 Å². The maximum absolute atomic E-state index is 14.5. The van der Waals surface area contributed by atoms with E-state index in [4.69, 9.17) is 9.84 Å². The summed E-state index contributed by atoms with van der Waals surface area (Å²) in [6.07, 6.45) is 0.553. The molecule has 0 heterocycles. The Morgan fingerprint density at radius 1 is 0.931 bits per heavy atom. The Kier molecular flexibility index (Phi) is 16.2. The maximum Gasteiger partial charge on any atom is 0.253 e. The highest BCUT2D eigenvalue weighted by atomic mass is 19.1. The molecule has 10 nitrogen and oxygen atoms in total. The van der Waals surface area contributed by atoms with Crippen molar-refractivity contribution in [1.82, 2.24) is 10.6 Å². The third kappa shape index (κ3) is 13.3. The zero-order valence-corrected chi connectivity index (χ0v) is 33.0. The highest BCUT2D eigenvalue weighted by Crippen LogP contribution is 2.32. The van der Waals surface area contributed by atoms with Gasteiger partial charge in [-0.25, -0.2) is 17.6 Å². The van der Waals surface area contributed by atoms with E-state index in [0.717, 1.165) is 12.1 Å². The number of aliphatic hydroxyl groups is 1. The fourth-order valence-electron chi connectivity index (χ4n) is 7.14. The van der Waals surface area contributed by atoms with Crippen molar-refractivity contribution in [2.45, 2.75) is 76.9 Å². The van der Waals surface area contributed by atoms with E-state index >= 15 is 0 Å². The molecule has 0 saturated heterocycles. The van der Waals surface area contributed by atoms with E-state index in [1.54, 1.807) is 50.2 Å². The molecule has 5 atom stereocenters. The van der Waals surface area contributed by atoms with Gasteiger partial charge in [0.25, 0.3) is 5.75 Å². The molecule has 4 rings (SSSR count). The second-order valence-electron chi connectivity index (χ2n) is 15.2. The molecule has 14 heteroatoms. The lowest BCUT2D eigenvalue weighted by atomic mass is 9.83. The number of aliphatic hydroxyl groups excluding tert-OH is 1. The number of ether oxygens (including phenoxy) is 1. The number of carbonyl (C=O) groups excluding carboxylic acids is 3. The van der Waals surface area contributed by atoms with Crippen LogP contribution >= 0.6 is 0 Å². The van der Waals surface area contributed by atoms with Crippen LogP contribution in [0.4, 0.5) is 28.9 Å². The van der Waals surface area contributed by atoms with Crippen LogP contribution in [-0.2, 0) is 20.8 Å². The number of allylic oxidation sites excluding steroid dienone is 2. The average molecular weight is 810 g/mol. The number of hydrogen-bond acceptors (Lipinski definition) is 6. The normalized spacial score (nSPS) is 16.9. The topological polar surface area (TPSA) is 134 Å². The summed E-state index contributed by atoms with van der Waals surface area (Å²) < 4.78 is 62.5. The summed E-state index contributed by atoms with van der Waals surface area (Å²) in [6, 6.07) is 13.3. The number of carbonyl (C=O) groups is 3. The minimum Gasteiger partial charge on any atom is -0.593 e. The predicted octanol–water partition coefficient (Wildman–Crippen LogP) is 6.95. The largest absolute Gasteiger partial charge is 0.593 e. The van der Waals surface area contributed by atoms with Crippen LogP contribution in [0.5, 0.6) is 11.5 Å². The molecule has 0 spiro atoms. The lowest BCUT2D eigenvalue weighted by molar-refractivity contribution is -0.129. The van der Waals surface area contributed by atoms with Crippen molar-refractivity contribution in [2.75, 3.05) is 30.0 Å². The van der Waals surface area contributed by atoms with Crippen molar-refractivity contribution in [3.05, 3.63) is 121 Å². The number of amides is 3. The van der Waals surface area contributed by atoms with Crippen LogP contribution in [0.15, 0.2) is 104 Å². The Morgan fingerprint density at radius 2 is 1.48 bits per heavy atom. The van der Waals surface area contributed by atoms with Gasteiger partial charge in [-0.1, -0.05) is 26.0 Å². The van der Waals surface area contributed by atoms with Gasteiger partial charge in [-0.2, -0.15) is 0 Å². The minimum atomic E-state index is -1.43. The summed E-state index contributed by atoms with van der Waals surface area (Å²) in [5.74, 6) is -3.87. The number of alkyl halides is 1. The first kappa shape index (κ1) is 45.2. The molecular weight excluding hydrogens is 756 g/mol. The van der Waals surface area contributed by atoms with Crippen molar-refractivity contribution < 1.29 is 46.9 Å². The minimum absolute atomic E-state index is 0.00739. The van der Waals surface area contributed by atoms with E-state index in [1.807, 2.05) is 0 Å². The molecule has 1 aliphatic rings. The predicted molar refractivity (Wildman–Crippen MR) is 217 cm³/mol. The van der Waals surface area contributed by atoms with Crippen LogP contribution in [0.1, 0.15) is 51.5 Å². The van der Waals surface area contributed by atoms with E-state index in [0.29, 0.717) is 23.2 Å². The van der Waals surface area contributed by atoms with Crippen molar-refractivity contribution >= 4 is 29.1 Å². The molecule has 0 radical (unpaired) electrons. The zero-order valence-electron chi connectivity index (χ0n) is 33.0. The number of anilines is 2. The smallest absolute Gasteiger partial charge is 0.253 e. The number of nitrogens with one attached hydrogen (secondary N) is 2. The number of rotatable bonds is 20. The van der Waals surface area contributed by atoms with Crippen molar-refractivity contribution in [3.8, 4) is 11.5 Å². The van der Waals surface area contributed by atoms with Crippen LogP contribution in [-0.4, -0.2) is 72.6 Å². The van der Waals surface area contributed by atoms with E-state index < -0.39 is 71.0 Å². The quantitative estimate of drug-likeness (QED) is 0.0490. The number of halogens is 4. The molecule has 312 valence electrons. The van der Waals surface area contributed by atoms with Crippen LogP contribution < -0.4 is 25.2 Å². The molecule has 3 aromatic carbocycles. The monoisotopic (exact) mass is 809 g/mol. The van der Waals surface area contributed by atoms with Gasteiger partial charge >= 0.3 is 0 Å². The summed E-state index contributed by atoms with van der Waals surface area (Å²) in [5.41, 5.74) is 0.0716. The van der Waals surface area contributed by atoms with E-state index in [2.05, 4.69) is 23.8 Å². The highest BCUT2D eigenvalue weighted by Gasteiger charge is 2.35. The first-order valence-electron chi connectivity index (χ1n) is 19.0. The van der Waals surface area contributed by atoms with E-state index in [1.165, 1.54) is 47.3 Å². The van der Waals surface area contributed by atoms with Crippen LogP contribution in [0, 0.1) is 23.0 Å². The third-order valence-corrected chi connectivity index (χ3v) is 9.72. The van der Waals surface area contributed by atoms with Gasteiger partial charge in [0.05, 0.1) is 19.0 Å². The Bertz CT molecular complexity index is 1900. The van der Waals surface area contributed by atoms with Crippen LogP contribution in [0.2, 0.25) is 0 Å². The molecule has 5 N–H and O–H groups in total. The second kappa shape index (κ2) is 20.8. The van der Waals surface area contributed by atoms with Crippen molar-refractivity contribution in [2.24, 2.45) is 11.3 Å². The first-order chi connectivity index (χ1) is 27.5. The highest BCUT2D eigenvalue weighted by molar-refractivity contribution is 6.00. The fraction of sp³-hybridized carbons (Fsp3) is 0.386. The van der Waals surface area contributed by atoms with Gasteiger partial charge in [0.2, 0.25) is 17.7 Å². The van der Waals surface area contributed by atoms with Crippen LogP contribution in [0.25, 0.3) is 0 Å². The Morgan fingerprint density at radius 3 is 2.02 bits per heavy atom. The molecule has 0 bridgehead atoms. The molecule has 0 aliphatic heterocycles. The standard InChI is InChI=1S/C44H52F4N4O6/c1-6-16-51(34-8-12-36(53)13-9-34)42(56)38(22-28-18-30(45)24-31(46)19-28)49-40(54)26-44(3,4)27-41(55)50-39(23-29-20-32(47)25-33(48)21-29)43(57)52(17-7-2)35-10-14-37(58-5)15-11-35/h6-15,18-20,24,29,33,38-39,41,50,53,55H,1-2,16-17,21-23,25-27H2,3-5H3,(H,49,54)/p+1/t29?,33?,38-,39?,41?/m0/s1. The molecule has 1 aliphatic carbocycles. The molecule has 0 fully saturated rings. The second-order valence-corrected chi connectivity index (χ2v) is 15.2. The van der Waals surface area contributed by atoms with Crippen molar-refractivity contribution in [3.63, 3.8) is 0 Å². The first-order valence-corrected chi connectivity index (χ1v) is 19.0. The van der Waals surface area contributed by atoms with Gasteiger partial charge in [0, 0.05) is 61.9 Å². The van der Waals surface area contributed by atoms with Gasteiger partial charge in [-0.3, -0.25) is 19.7 Å². The molecule has 0 saturated carbocycles. The molecule has 4 unspecified atom stereocenters. The van der Waals surface area contributed by atoms with E-state index in [9.17, 15) is 37.1 Å². The molecule has 3 aromatic rings. The Balaban J connectivity index is 1.54. The molecular formula is C44H53F4N4O6+. The lowest BCUT2D eigenvalue weighted by Crippen LogP contribution is -2.52. The molecule has 58 heavy (non-hydrogen) atoms. The summed E-state index contributed by atoms with van der Waals surface area (Å²) in [7, 11) is 1.51.